The zero-order chi connectivity index (χ0) is 36.0. The van der Waals surface area contributed by atoms with Gasteiger partial charge in [0.15, 0.2) is 0 Å². The van der Waals surface area contributed by atoms with Crippen LogP contribution in [0.1, 0.15) is 95.5 Å². The van der Waals surface area contributed by atoms with Crippen molar-refractivity contribution >= 4 is 11.4 Å². The number of fused-ring (bicyclic) bond motifs is 1. The Morgan fingerprint density at radius 2 is 1.39 bits per heavy atom. The van der Waals surface area contributed by atoms with Gasteiger partial charge in [-0.05, 0) is 106 Å². The summed E-state index contributed by atoms with van der Waals surface area (Å²) in [6.07, 6.45) is 10.2. The average Bonchev–Trinajstić information content (AvgIpc) is 3.07. The summed E-state index contributed by atoms with van der Waals surface area (Å²) in [6.45, 7) is 36.7. The molecule has 0 unspecified atom stereocenters. The second-order valence-corrected chi connectivity index (χ2v) is 11.8. The first kappa shape index (κ1) is 44.0. The van der Waals surface area contributed by atoms with Crippen molar-refractivity contribution in [3.05, 3.63) is 127 Å². The lowest BCUT2D eigenvalue weighted by molar-refractivity contribution is 0.0746. The van der Waals surface area contributed by atoms with Gasteiger partial charge in [0, 0.05) is 38.1 Å². The van der Waals surface area contributed by atoms with E-state index in [4.69, 9.17) is 4.74 Å². The van der Waals surface area contributed by atoms with E-state index in [0.717, 1.165) is 30.8 Å². The molecule has 1 atom stereocenters. The van der Waals surface area contributed by atoms with Crippen LogP contribution in [-0.4, -0.2) is 30.6 Å². The number of benzene rings is 3. The Morgan fingerprint density at radius 3 is 1.85 bits per heavy atom. The van der Waals surface area contributed by atoms with E-state index < -0.39 is 0 Å². The Kier molecular flexibility index (Phi) is 22.2. The van der Waals surface area contributed by atoms with Crippen LogP contribution in [-0.2, 0) is 13.0 Å². The molecule has 0 spiro atoms. The fraction of sp³-hybridized carbons (Fsp3) is 0.395. The zero-order valence-corrected chi connectivity index (χ0v) is 31.1. The van der Waals surface area contributed by atoms with Crippen molar-refractivity contribution in [2.24, 2.45) is 0 Å². The topological polar surface area (TPSA) is 15.7 Å². The van der Waals surface area contributed by atoms with Crippen LogP contribution in [0.2, 0.25) is 0 Å². The minimum atomic E-state index is -0.104. The molecule has 3 aromatic carbocycles. The van der Waals surface area contributed by atoms with Crippen LogP contribution >= 0.6 is 0 Å². The molecule has 1 heterocycles. The zero-order valence-electron chi connectivity index (χ0n) is 31.1. The van der Waals surface area contributed by atoms with Crippen molar-refractivity contribution in [3.63, 3.8) is 0 Å². The maximum atomic E-state index is 6.21. The number of aryl methyl sites for hydroxylation is 2. The van der Waals surface area contributed by atoms with Gasteiger partial charge in [0.05, 0.1) is 0 Å². The van der Waals surface area contributed by atoms with E-state index >= 15 is 0 Å². The highest BCUT2D eigenvalue weighted by molar-refractivity contribution is 5.65. The Balaban J connectivity index is 0. The number of anilines is 1. The fourth-order valence-electron chi connectivity index (χ4n) is 5.07. The third-order valence-corrected chi connectivity index (χ3v) is 7.36. The summed E-state index contributed by atoms with van der Waals surface area (Å²) >= 11 is 0. The first-order chi connectivity index (χ1) is 21.9. The number of hydrogen-bond acceptors (Lipinski definition) is 3. The molecule has 4 rings (SSSR count). The van der Waals surface area contributed by atoms with E-state index in [-0.39, 0.29) is 5.60 Å². The lowest BCUT2D eigenvalue weighted by Gasteiger charge is -2.37. The monoisotopic (exact) mass is 625 g/mol. The van der Waals surface area contributed by atoms with Crippen LogP contribution in [0.15, 0.2) is 99.6 Å². The quantitative estimate of drug-likeness (QED) is 0.192. The molecule has 252 valence electrons. The van der Waals surface area contributed by atoms with Crippen LogP contribution in [0.4, 0.5) is 5.69 Å². The van der Waals surface area contributed by atoms with E-state index in [1.54, 1.807) is 0 Å². The van der Waals surface area contributed by atoms with Crippen LogP contribution < -0.4 is 9.64 Å². The SMILES string of the molecule is C#C.C=C.C=C.C=C(c1ccc2c(c1)[C@@H](C)CC(C)(C)O2)N(Cc1ccc(N(C)C)cc1)C(C)C.CC.CCc1ccc(C)cc1. The summed E-state index contributed by atoms with van der Waals surface area (Å²) < 4.78 is 6.21. The second kappa shape index (κ2) is 23.2. The number of ether oxygens (including phenoxy) is 1. The van der Waals surface area contributed by atoms with Gasteiger partial charge in [-0.3, -0.25) is 0 Å². The van der Waals surface area contributed by atoms with E-state index in [1.165, 1.54) is 33.5 Å². The smallest absolute Gasteiger partial charge is 0.123 e. The summed E-state index contributed by atoms with van der Waals surface area (Å²) in [6, 6.07) is 24.3. The number of rotatable bonds is 7. The molecule has 1 aliphatic rings. The number of nitrogens with zero attached hydrogens (tertiary/aromatic N) is 2. The normalized spacial score (nSPS) is 13.2. The Bertz CT molecular complexity index is 1260. The lowest BCUT2D eigenvalue weighted by atomic mass is 9.85. The lowest BCUT2D eigenvalue weighted by Crippen LogP contribution is -2.34. The van der Waals surface area contributed by atoms with Gasteiger partial charge in [-0.2, -0.15) is 0 Å². The van der Waals surface area contributed by atoms with Crippen molar-refractivity contribution < 1.29 is 4.74 Å². The molecule has 0 saturated carbocycles. The molecule has 1 aliphatic heterocycles. The molecule has 3 heteroatoms. The van der Waals surface area contributed by atoms with Crippen LogP contribution in [0.5, 0.6) is 5.75 Å². The van der Waals surface area contributed by atoms with Crippen LogP contribution in [0.25, 0.3) is 5.70 Å². The molecule has 0 bridgehead atoms. The Labute approximate surface area is 284 Å². The third-order valence-electron chi connectivity index (χ3n) is 7.36. The summed E-state index contributed by atoms with van der Waals surface area (Å²) in [4.78, 5) is 4.51. The van der Waals surface area contributed by atoms with Gasteiger partial charge >= 0.3 is 0 Å². The highest BCUT2D eigenvalue weighted by atomic mass is 16.5. The van der Waals surface area contributed by atoms with Gasteiger partial charge in [0.1, 0.15) is 11.4 Å². The van der Waals surface area contributed by atoms with E-state index in [1.807, 2.05) is 13.8 Å². The molecule has 0 radical (unpaired) electrons. The molecule has 3 nitrogen and oxygen atoms in total. The van der Waals surface area contributed by atoms with Crippen LogP contribution in [0.3, 0.4) is 0 Å². The fourth-order valence-corrected chi connectivity index (χ4v) is 5.07. The third kappa shape index (κ3) is 14.3. The molecular weight excluding hydrogens is 560 g/mol. The molecule has 0 N–H and O–H groups in total. The Morgan fingerprint density at radius 1 is 0.891 bits per heavy atom. The van der Waals surface area contributed by atoms with Gasteiger partial charge in [0.2, 0.25) is 0 Å². The minimum Gasteiger partial charge on any atom is -0.488 e. The molecule has 46 heavy (non-hydrogen) atoms. The van der Waals surface area contributed by atoms with Crippen molar-refractivity contribution in [1.82, 2.24) is 4.90 Å². The van der Waals surface area contributed by atoms with Gasteiger partial charge in [-0.1, -0.05) is 76.2 Å². The molecule has 0 saturated heterocycles. The first-order valence-corrected chi connectivity index (χ1v) is 16.3. The van der Waals surface area contributed by atoms with Gasteiger partial charge in [0.25, 0.3) is 0 Å². The van der Waals surface area contributed by atoms with Crippen molar-refractivity contribution in [2.45, 2.75) is 99.3 Å². The average molecular weight is 625 g/mol. The standard InChI is InChI=1S/C26H36N2O.C9H12.C2H6.2C2H4.C2H2/c1-18(2)28(17-21-9-12-23(13-10-21)27(7)8)20(4)22-11-14-25-24(15-22)19(3)16-26(5,6)29-25;1-3-9-6-4-8(2)5-7-9;4*1-2/h9-15,18-19H,4,16-17H2,1-3,5-8H3;4-7H,3H2,1-2H3;1-2H3;2*1-2H2;1-2H/t19-;;;;;/m0...../s1. The summed E-state index contributed by atoms with van der Waals surface area (Å²) in [5.41, 5.74) is 8.70. The van der Waals surface area contributed by atoms with Crippen molar-refractivity contribution in [2.75, 3.05) is 19.0 Å². The predicted molar refractivity (Wildman–Crippen MR) is 209 cm³/mol. The molecule has 0 fully saturated rings. The highest BCUT2D eigenvalue weighted by Gasteiger charge is 2.31. The van der Waals surface area contributed by atoms with Gasteiger partial charge < -0.3 is 14.5 Å². The molecule has 0 aromatic heterocycles. The largest absolute Gasteiger partial charge is 0.488 e. The van der Waals surface area contributed by atoms with Crippen molar-refractivity contribution in [3.8, 4) is 18.6 Å². The maximum absolute atomic E-state index is 6.21. The number of terminal acetylenes is 1. The highest BCUT2D eigenvalue weighted by Crippen LogP contribution is 2.42. The summed E-state index contributed by atoms with van der Waals surface area (Å²) in [5.74, 6) is 1.49. The first-order valence-electron chi connectivity index (χ1n) is 16.3. The minimum absolute atomic E-state index is 0.104. The molecule has 0 amide bonds. The van der Waals surface area contributed by atoms with Crippen molar-refractivity contribution in [1.29, 1.82) is 0 Å². The summed E-state index contributed by atoms with van der Waals surface area (Å²) in [5, 5.41) is 0. The van der Waals surface area contributed by atoms with E-state index in [2.05, 4.69) is 185 Å². The molecule has 0 aliphatic carbocycles. The summed E-state index contributed by atoms with van der Waals surface area (Å²) in [7, 11) is 4.14. The maximum Gasteiger partial charge on any atom is 0.123 e. The van der Waals surface area contributed by atoms with Gasteiger partial charge in [-0.15, -0.1) is 39.2 Å². The molecule has 3 aromatic rings. The van der Waals surface area contributed by atoms with E-state index in [9.17, 15) is 0 Å². The number of hydrogen-bond donors (Lipinski definition) is 0. The van der Waals surface area contributed by atoms with Gasteiger partial charge in [-0.25, -0.2) is 0 Å². The Hall–Kier alpha value is -4.16. The van der Waals surface area contributed by atoms with Crippen LogP contribution in [0, 0.1) is 19.8 Å². The predicted octanol–water partition coefficient (Wildman–Crippen LogP) is 11.7. The van der Waals surface area contributed by atoms with E-state index in [0.29, 0.717) is 12.0 Å². The second-order valence-electron chi connectivity index (χ2n) is 11.8. The molecular formula is C43H64N2O.